The van der Waals surface area contributed by atoms with Crippen molar-refractivity contribution in [3.8, 4) is 5.75 Å². The van der Waals surface area contributed by atoms with Gasteiger partial charge >= 0.3 is 0 Å². The van der Waals surface area contributed by atoms with Crippen molar-refractivity contribution in [2.75, 3.05) is 6.61 Å². The molecule has 0 saturated carbocycles. The number of rotatable bonds is 6. The summed E-state index contributed by atoms with van der Waals surface area (Å²) in [5.41, 5.74) is 2.41. The highest BCUT2D eigenvalue weighted by Gasteiger charge is 2.34. The Labute approximate surface area is 165 Å². The number of benzene rings is 2. The van der Waals surface area contributed by atoms with Crippen LogP contribution in [0, 0.1) is 5.92 Å². The molecule has 0 aromatic heterocycles. The first kappa shape index (κ1) is 19.1. The summed E-state index contributed by atoms with van der Waals surface area (Å²) in [6.45, 7) is 6.85. The SMILES string of the molecule is CC(C)COc1cccc(/C=C2\NC(=S)N(C(C)c3ccccc3)C2=O)c1. The van der Waals surface area contributed by atoms with Crippen LogP contribution in [0.3, 0.4) is 0 Å². The van der Waals surface area contributed by atoms with Gasteiger partial charge in [-0.1, -0.05) is 56.3 Å². The van der Waals surface area contributed by atoms with Crippen molar-refractivity contribution in [1.29, 1.82) is 0 Å². The van der Waals surface area contributed by atoms with E-state index in [1.807, 2.05) is 67.6 Å². The summed E-state index contributed by atoms with van der Waals surface area (Å²) in [4.78, 5) is 14.5. The highest BCUT2D eigenvalue weighted by atomic mass is 32.1. The molecule has 0 aliphatic carbocycles. The van der Waals surface area contributed by atoms with Crippen LogP contribution in [0.2, 0.25) is 0 Å². The van der Waals surface area contributed by atoms with Crippen LogP contribution in [0.1, 0.15) is 37.9 Å². The molecule has 1 fully saturated rings. The van der Waals surface area contributed by atoms with Crippen LogP contribution in [-0.2, 0) is 4.79 Å². The molecule has 5 heteroatoms. The second-order valence-electron chi connectivity index (χ2n) is 7.03. The lowest BCUT2D eigenvalue weighted by molar-refractivity contribution is -0.123. The number of ether oxygens (including phenoxy) is 1. The van der Waals surface area contributed by atoms with Crippen LogP contribution >= 0.6 is 12.2 Å². The van der Waals surface area contributed by atoms with Gasteiger partial charge in [0, 0.05) is 0 Å². The Morgan fingerprint density at radius 3 is 2.56 bits per heavy atom. The van der Waals surface area contributed by atoms with E-state index >= 15 is 0 Å². The molecule has 1 saturated heterocycles. The molecular weight excluding hydrogens is 356 g/mol. The third kappa shape index (κ3) is 4.55. The van der Waals surface area contributed by atoms with Gasteiger partial charge in [0.2, 0.25) is 0 Å². The van der Waals surface area contributed by atoms with Crippen LogP contribution in [0.25, 0.3) is 6.08 Å². The number of amides is 1. The van der Waals surface area contributed by atoms with E-state index in [0.717, 1.165) is 16.9 Å². The molecule has 1 heterocycles. The maximum absolute atomic E-state index is 12.9. The summed E-state index contributed by atoms with van der Waals surface area (Å²) >= 11 is 5.41. The molecule has 2 aromatic carbocycles. The molecular formula is C22H24N2O2S. The second kappa shape index (κ2) is 8.35. The molecule has 3 rings (SSSR count). The molecule has 1 atom stereocenters. The van der Waals surface area contributed by atoms with Gasteiger partial charge in [-0.3, -0.25) is 9.69 Å². The van der Waals surface area contributed by atoms with Crippen LogP contribution in [0.5, 0.6) is 5.75 Å². The standard InChI is InChI=1S/C22H24N2O2S/c1-15(2)14-26-19-11-7-8-17(12-19)13-20-21(25)24(22(27)23-20)16(3)18-9-5-4-6-10-18/h4-13,15-16H,14H2,1-3H3,(H,23,27)/b20-13-. The molecule has 1 unspecified atom stereocenters. The van der Waals surface area contributed by atoms with Crippen molar-refractivity contribution in [2.24, 2.45) is 5.92 Å². The van der Waals surface area contributed by atoms with Gasteiger partial charge < -0.3 is 10.1 Å². The van der Waals surface area contributed by atoms with E-state index in [0.29, 0.717) is 23.3 Å². The fourth-order valence-electron chi connectivity index (χ4n) is 2.90. The van der Waals surface area contributed by atoms with Crippen molar-refractivity contribution in [3.05, 3.63) is 71.4 Å². The highest BCUT2D eigenvalue weighted by Crippen LogP contribution is 2.26. The van der Waals surface area contributed by atoms with Crippen LogP contribution in [0.15, 0.2) is 60.3 Å². The number of hydrogen-bond donors (Lipinski definition) is 1. The Hall–Kier alpha value is -2.66. The number of nitrogens with one attached hydrogen (secondary N) is 1. The van der Waals surface area contributed by atoms with Crippen molar-refractivity contribution in [3.63, 3.8) is 0 Å². The Balaban J connectivity index is 1.79. The average Bonchev–Trinajstić information content (AvgIpc) is 2.94. The number of thiocarbonyl (C=S) groups is 1. The van der Waals surface area contributed by atoms with Crippen LogP contribution in [0.4, 0.5) is 0 Å². The lowest BCUT2D eigenvalue weighted by Gasteiger charge is -2.23. The molecule has 2 aromatic rings. The molecule has 0 bridgehead atoms. The predicted octanol–water partition coefficient (Wildman–Crippen LogP) is 4.54. The number of hydrogen-bond acceptors (Lipinski definition) is 3. The normalized spacial score (nSPS) is 16.7. The molecule has 1 aliphatic rings. The third-order valence-corrected chi connectivity index (χ3v) is 4.63. The largest absolute Gasteiger partial charge is 0.493 e. The fraction of sp³-hybridized carbons (Fsp3) is 0.273. The number of nitrogens with zero attached hydrogens (tertiary/aromatic N) is 1. The van der Waals surface area contributed by atoms with Crippen molar-refractivity contribution < 1.29 is 9.53 Å². The minimum absolute atomic E-state index is 0.121. The van der Waals surface area contributed by atoms with Gasteiger partial charge in [-0.15, -0.1) is 0 Å². The van der Waals surface area contributed by atoms with E-state index in [4.69, 9.17) is 17.0 Å². The average molecular weight is 381 g/mol. The zero-order valence-electron chi connectivity index (χ0n) is 15.8. The second-order valence-corrected chi connectivity index (χ2v) is 7.41. The quantitative estimate of drug-likeness (QED) is 0.590. The first-order valence-electron chi connectivity index (χ1n) is 9.09. The van der Waals surface area contributed by atoms with Crippen LogP contribution in [-0.4, -0.2) is 22.5 Å². The molecule has 140 valence electrons. The topological polar surface area (TPSA) is 41.6 Å². The molecule has 1 N–H and O–H groups in total. The lowest BCUT2D eigenvalue weighted by atomic mass is 10.1. The Bertz CT molecular complexity index is 862. The van der Waals surface area contributed by atoms with Gasteiger partial charge in [-0.25, -0.2) is 0 Å². The van der Waals surface area contributed by atoms with Crippen molar-refractivity contribution in [2.45, 2.75) is 26.8 Å². The summed E-state index contributed by atoms with van der Waals surface area (Å²) in [6.07, 6.45) is 1.81. The fourth-order valence-corrected chi connectivity index (χ4v) is 3.26. The smallest absolute Gasteiger partial charge is 0.277 e. The van der Waals surface area contributed by atoms with Gasteiger partial charge in [-0.05, 0) is 54.4 Å². The summed E-state index contributed by atoms with van der Waals surface area (Å²) in [6, 6.07) is 17.4. The Morgan fingerprint density at radius 1 is 1.11 bits per heavy atom. The van der Waals surface area contributed by atoms with Gasteiger partial charge in [0.05, 0.1) is 12.6 Å². The van der Waals surface area contributed by atoms with Gasteiger partial charge in [0.15, 0.2) is 5.11 Å². The maximum atomic E-state index is 12.9. The summed E-state index contributed by atoms with van der Waals surface area (Å²) in [5.74, 6) is 1.13. The zero-order valence-corrected chi connectivity index (χ0v) is 16.6. The molecule has 27 heavy (non-hydrogen) atoms. The third-order valence-electron chi connectivity index (χ3n) is 4.33. The monoisotopic (exact) mass is 380 g/mol. The summed E-state index contributed by atoms with van der Waals surface area (Å²) in [7, 11) is 0. The molecule has 1 amide bonds. The number of carbonyl (C=O) groups is 1. The Kier molecular flexibility index (Phi) is 5.91. The molecule has 0 spiro atoms. The molecule has 1 aliphatic heterocycles. The first-order valence-corrected chi connectivity index (χ1v) is 9.50. The van der Waals surface area contributed by atoms with E-state index < -0.39 is 0 Å². The summed E-state index contributed by atoms with van der Waals surface area (Å²) in [5, 5.41) is 3.48. The van der Waals surface area contributed by atoms with E-state index in [1.54, 1.807) is 4.90 Å². The van der Waals surface area contributed by atoms with Crippen molar-refractivity contribution in [1.82, 2.24) is 10.2 Å². The van der Waals surface area contributed by atoms with E-state index in [-0.39, 0.29) is 11.9 Å². The number of carbonyl (C=O) groups excluding carboxylic acids is 1. The van der Waals surface area contributed by atoms with Gasteiger partial charge in [0.1, 0.15) is 11.4 Å². The molecule has 0 radical (unpaired) electrons. The summed E-state index contributed by atoms with van der Waals surface area (Å²) < 4.78 is 5.77. The van der Waals surface area contributed by atoms with Gasteiger partial charge in [0.25, 0.3) is 5.91 Å². The van der Waals surface area contributed by atoms with Crippen molar-refractivity contribution >= 4 is 29.3 Å². The van der Waals surface area contributed by atoms with Crippen LogP contribution < -0.4 is 10.1 Å². The minimum Gasteiger partial charge on any atom is -0.493 e. The molecule has 4 nitrogen and oxygen atoms in total. The first-order chi connectivity index (χ1) is 13.0. The van der Waals surface area contributed by atoms with E-state index in [9.17, 15) is 4.79 Å². The maximum Gasteiger partial charge on any atom is 0.277 e. The predicted molar refractivity (Wildman–Crippen MR) is 112 cm³/mol. The zero-order chi connectivity index (χ0) is 19.4. The minimum atomic E-state index is -0.134. The lowest BCUT2D eigenvalue weighted by Crippen LogP contribution is -2.33. The van der Waals surface area contributed by atoms with Gasteiger partial charge in [-0.2, -0.15) is 0 Å². The van der Waals surface area contributed by atoms with E-state index in [2.05, 4.69) is 19.2 Å². The highest BCUT2D eigenvalue weighted by molar-refractivity contribution is 7.80. The van der Waals surface area contributed by atoms with E-state index in [1.165, 1.54) is 0 Å². The Morgan fingerprint density at radius 2 is 1.85 bits per heavy atom.